The summed E-state index contributed by atoms with van der Waals surface area (Å²) in [6.07, 6.45) is 2.39. The van der Waals surface area contributed by atoms with E-state index in [2.05, 4.69) is 20.4 Å². The van der Waals surface area contributed by atoms with Crippen LogP contribution in [0.5, 0.6) is 0 Å². The van der Waals surface area contributed by atoms with Gasteiger partial charge in [-0.1, -0.05) is 36.4 Å². The fourth-order valence-electron chi connectivity index (χ4n) is 2.00. The summed E-state index contributed by atoms with van der Waals surface area (Å²) in [5, 5.41) is 17.7. The van der Waals surface area contributed by atoms with E-state index in [1.165, 1.54) is 11.8 Å². The summed E-state index contributed by atoms with van der Waals surface area (Å²) in [5.74, 6) is 1.22. The Hall–Kier alpha value is -1.86. The number of hydrogen-bond acceptors (Lipinski definition) is 6. The van der Waals surface area contributed by atoms with E-state index in [0.717, 1.165) is 22.8 Å². The molecule has 8 heteroatoms. The van der Waals surface area contributed by atoms with Gasteiger partial charge in [-0.2, -0.15) is 0 Å². The molecule has 0 unspecified atom stereocenters. The average molecular weight is 350 g/mol. The van der Waals surface area contributed by atoms with Gasteiger partial charge >= 0.3 is 0 Å². The van der Waals surface area contributed by atoms with Crippen LogP contribution in [0.1, 0.15) is 36.4 Å². The predicted molar refractivity (Wildman–Crippen MR) is 89.1 cm³/mol. The van der Waals surface area contributed by atoms with E-state index in [4.69, 9.17) is 16.0 Å². The number of nitrogens with zero attached hydrogens (tertiary/aromatic N) is 5. The first kappa shape index (κ1) is 16.0. The molecule has 0 amide bonds. The predicted octanol–water partition coefficient (Wildman–Crippen LogP) is 4.03. The highest BCUT2D eigenvalue weighted by Crippen LogP contribution is 2.34. The van der Waals surface area contributed by atoms with Gasteiger partial charge in [0, 0.05) is 11.4 Å². The minimum absolute atomic E-state index is 0.0216. The van der Waals surface area contributed by atoms with Gasteiger partial charge in [0.1, 0.15) is 6.33 Å². The number of aromatic nitrogens is 5. The molecule has 0 aliphatic carbocycles. The number of halogens is 1. The van der Waals surface area contributed by atoms with E-state index in [1.54, 1.807) is 6.33 Å². The van der Waals surface area contributed by atoms with E-state index in [-0.39, 0.29) is 5.25 Å². The van der Waals surface area contributed by atoms with Crippen molar-refractivity contribution in [3.63, 3.8) is 0 Å². The molecule has 0 saturated heterocycles. The van der Waals surface area contributed by atoms with Crippen LogP contribution in [0.4, 0.5) is 0 Å². The zero-order chi connectivity index (χ0) is 16.4. The van der Waals surface area contributed by atoms with Gasteiger partial charge in [0.05, 0.1) is 10.9 Å². The fraction of sp³-hybridized carbons (Fsp3) is 0.333. The first-order valence-electron chi connectivity index (χ1n) is 7.24. The van der Waals surface area contributed by atoms with Gasteiger partial charge in [0.15, 0.2) is 5.16 Å². The van der Waals surface area contributed by atoms with Crippen molar-refractivity contribution in [2.75, 3.05) is 0 Å². The molecule has 3 aromatic rings. The van der Waals surface area contributed by atoms with E-state index < -0.39 is 0 Å². The Bertz CT molecular complexity index is 816. The molecule has 0 aliphatic rings. The average Bonchev–Trinajstić information content (AvgIpc) is 3.19. The molecule has 23 heavy (non-hydrogen) atoms. The van der Waals surface area contributed by atoms with Gasteiger partial charge in [-0.15, -0.1) is 20.4 Å². The van der Waals surface area contributed by atoms with Crippen LogP contribution in [0.2, 0.25) is 5.02 Å². The third kappa shape index (κ3) is 3.40. The molecular formula is C15H16ClN5OS. The topological polar surface area (TPSA) is 69.6 Å². The Morgan fingerprint density at radius 2 is 2.13 bits per heavy atom. The smallest absolute Gasteiger partial charge is 0.229 e. The molecule has 0 N–H and O–H groups in total. The Morgan fingerprint density at radius 3 is 2.83 bits per heavy atom. The third-order valence-corrected chi connectivity index (χ3v) is 4.82. The van der Waals surface area contributed by atoms with Crippen molar-refractivity contribution in [2.45, 2.75) is 37.6 Å². The third-order valence-electron chi connectivity index (χ3n) is 3.36. The highest BCUT2D eigenvalue weighted by molar-refractivity contribution is 7.99. The highest BCUT2D eigenvalue weighted by Gasteiger charge is 2.18. The lowest BCUT2D eigenvalue weighted by Gasteiger charge is -2.09. The van der Waals surface area contributed by atoms with E-state index in [9.17, 15) is 0 Å². The van der Waals surface area contributed by atoms with Crippen LogP contribution in [0.15, 0.2) is 34.1 Å². The van der Waals surface area contributed by atoms with Crippen LogP contribution in [0, 0.1) is 6.92 Å². The molecule has 2 heterocycles. The van der Waals surface area contributed by atoms with Crippen molar-refractivity contribution in [3.8, 4) is 5.69 Å². The molecule has 3 rings (SSSR count). The summed E-state index contributed by atoms with van der Waals surface area (Å²) in [6.45, 7) is 5.95. The molecule has 1 aromatic carbocycles. The van der Waals surface area contributed by atoms with Gasteiger partial charge in [0.2, 0.25) is 11.8 Å². The minimum Gasteiger partial charge on any atom is -0.424 e. The second-order valence-corrected chi connectivity index (χ2v) is 6.78. The fourth-order valence-corrected chi connectivity index (χ4v) is 3.04. The molecule has 0 bridgehead atoms. The quantitative estimate of drug-likeness (QED) is 0.648. The summed E-state index contributed by atoms with van der Waals surface area (Å²) in [4.78, 5) is 0. The van der Waals surface area contributed by atoms with Crippen molar-refractivity contribution in [1.82, 2.24) is 25.0 Å². The van der Waals surface area contributed by atoms with Gasteiger partial charge in [-0.05, 0) is 31.5 Å². The molecule has 1 atom stereocenters. The molecule has 0 spiro atoms. The summed E-state index contributed by atoms with van der Waals surface area (Å²) >= 11 is 7.72. The second kappa shape index (κ2) is 6.72. The summed E-state index contributed by atoms with van der Waals surface area (Å²) in [6, 6.07) is 5.86. The zero-order valence-electron chi connectivity index (χ0n) is 13.0. The molecule has 0 fully saturated rings. The number of hydrogen-bond donors (Lipinski definition) is 0. The number of rotatable bonds is 5. The lowest BCUT2D eigenvalue weighted by atomic mass is 10.2. The summed E-state index contributed by atoms with van der Waals surface area (Å²) < 4.78 is 7.49. The van der Waals surface area contributed by atoms with Gasteiger partial charge in [0.25, 0.3) is 0 Å². The standard InChI is InChI=1S/C15H16ClN5OS/c1-4-13-18-19-14(22-13)10(3)23-15-20-17-8-21(15)11-6-5-9(2)12(16)7-11/h5-8,10H,4H2,1-3H3/t10-/m0/s1. The highest BCUT2D eigenvalue weighted by atomic mass is 35.5. The number of benzene rings is 1. The largest absolute Gasteiger partial charge is 0.424 e. The zero-order valence-corrected chi connectivity index (χ0v) is 14.6. The maximum Gasteiger partial charge on any atom is 0.229 e. The molecule has 0 aliphatic heterocycles. The van der Waals surface area contributed by atoms with Crippen molar-refractivity contribution in [3.05, 3.63) is 46.9 Å². The van der Waals surface area contributed by atoms with Crippen LogP contribution in [-0.2, 0) is 6.42 Å². The minimum atomic E-state index is -0.0216. The molecule has 0 radical (unpaired) electrons. The number of thioether (sulfide) groups is 1. The summed E-state index contributed by atoms with van der Waals surface area (Å²) in [5.41, 5.74) is 1.95. The van der Waals surface area contributed by atoms with Crippen molar-refractivity contribution in [1.29, 1.82) is 0 Å². The molecule has 0 saturated carbocycles. The lowest BCUT2D eigenvalue weighted by molar-refractivity contribution is 0.456. The number of aryl methyl sites for hydroxylation is 2. The normalized spacial score (nSPS) is 12.5. The Balaban J connectivity index is 1.84. The molecule has 6 nitrogen and oxygen atoms in total. The first-order valence-corrected chi connectivity index (χ1v) is 8.49. The SMILES string of the molecule is CCc1nnc([C@H](C)Sc2nncn2-c2ccc(C)c(Cl)c2)o1. The molecular weight excluding hydrogens is 334 g/mol. The van der Waals surface area contributed by atoms with E-state index >= 15 is 0 Å². The van der Waals surface area contributed by atoms with Crippen molar-refractivity contribution >= 4 is 23.4 Å². The Labute approximate surface area is 143 Å². The Kier molecular flexibility index (Phi) is 4.68. The van der Waals surface area contributed by atoms with Gasteiger partial charge in [-0.25, -0.2) is 0 Å². The van der Waals surface area contributed by atoms with Gasteiger partial charge < -0.3 is 4.42 Å². The lowest BCUT2D eigenvalue weighted by Crippen LogP contribution is -1.98. The van der Waals surface area contributed by atoms with Crippen LogP contribution in [0.25, 0.3) is 5.69 Å². The van der Waals surface area contributed by atoms with Crippen molar-refractivity contribution < 1.29 is 4.42 Å². The second-order valence-electron chi connectivity index (χ2n) is 5.06. The maximum absolute atomic E-state index is 6.21. The van der Waals surface area contributed by atoms with E-state index in [1.807, 2.05) is 43.5 Å². The van der Waals surface area contributed by atoms with E-state index in [0.29, 0.717) is 16.8 Å². The van der Waals surface area contributed by atoms with Crippen LogP contribution >= 0.6 is 23.4 Å². The molecule has 2 aromatic heterocycles. The van der Waals surface area contributed by atoms with Crippen molar-refractivity contribution in [2.24, 2.45) is 0 Å². The monoisotopic (exact) mass is 349 g/mol. The molecule has 120 valence electrons. The van der Waals surface area contributed by atoms with Crippen LogP contribution in [0.3, 0.4) is 0 Å². The van der Waals surface area contributed by atoms with Crippen LogP contribution in [-0.4, -0.2) is 25.0 Å². The Morgan fingerprint density at radius 1 is 1.30 bits per heavy atom. The van der Waals surface area contributed by atoms with Gasteiger partial charge in [-0.3, -0.25) is 4.57 Å². The first-order chi connectivity index (χ1) is 11.1. The maximum atomic E-state index is 6.21. The van der Waals surface area contributed by atoms with Crippen LogP contribution < -0.4 is 0 Å². The summed E-state index contributed by atoms with van der Waals surface area (Å²) in [7, 11) is 0.